The summed E-state index contributed by atoms with van der Waals surface area (Å²) in [5.74, 6) is 0. The van der Waals surface area contributed by atoms with Crippen LogP contribution in [0.15, 0.2) is 0 Å². The van der Waals surface area contributed by atoms with E-state index in [1.165, 1.54) is 0 Å². The predicted octanol–water partition coefficient (Wildman–Crippen LogP) is 2.06. The van der Waals surface area contributed by atoms with E-state index in [9.17, 15) is 0 Å². The molecule has 0 amide bonds. The van der Waals surface area contributed by atoms with Gasteiger partial charge in [0.2, 0.25) is 0 Å². The summed E-state index contributed by atoms with van der Waals surface area (Å²) in [6.07, 6.45) is 0. The summed E-state index contributed by atoms with van der Waals surface area (Å²) < 4.78 is 0. The molecule has 0 aromatic heterocycles. The second-order valence-corrected chi connectivity index (χ2v) is 2.96. The van der Waals surface area contributed by atoms with Crippen molar-refractivity contribution in [1.82, 2.24) is 0 Å². The van der Waals surface area contributed by atoms with Crippen molar-refractivity contribution in [2.45, 2.75) is 25.9 Å². The van der Waals surface area contributed by atoms with Gasteiger partial charge >= 0.3 is 45.2 Å². The molecular formula is C4H9BeCl. The molecule has 0 saturated carbocycles. The van der Waals surface area contributed by atoms with Gasteiger partial charge in [0, 0.05) is 0 Å². The van der Waals surface area contributed by atoms with E-state index in [1.807, 2.05) is 0 Å². The van der Waals surface area contributed by atoms with Crippen LogP contribution >= 0.6 is 11.2 Å². The quantitative estimate of drug-likeness (QED) is 0.410. The van der Waals surface area contributed by atoms with Gasteiger partial charge in [-0.3, -0.25) is 0 Å². The Hall–Kier alpha value is 0.459. The second kappa shape index (κ2) is 1.95. The van der Waals surface area contributed by atoms with E-state index in [0.717, 1.165) is 8.12 Å². The third kappa shape index (κ3) is 4.46. The van der Waals surface area contributed by atoms with E-state index in [1.54, 1.807) is 0 Å². The minimum absolute atomic E-state index is 0.307. The standard InChI is InChI=1S/C4H9.Be.ClH/c1-4(2)3;;/h1-3H3;;1H/q;+1;/p-1. The first-order valence-electron chi connectivity index (χ1n) is 2.12. The average molecular weight is 102 g/mol. The van der Waals surface area contributed by atoms with Crippen molar-refractivity contribution in [2.24, 2.45) is 0 Å². The Morgan fingerprint density at radius 2 is 1.50 bits per heavy atom. The van der Waals surface area contributed by atoms with E-state index in [0.29, 0.717) is 5.13 Å². The van der Waals surface area contributed by atoms with Gasteiger partial charge in [0.1, 0.15) is 0 Å². The Kier molecular flexibility index (Phi) is 2.10. The van der Waals surface area contributed by atoms with Crippen molar-refractivity contribution < 1.29 is 0 Å². The molecule has 0 aliphatic rings. The molecule has 0 spiro atoms. The van der Waals surface area contributed by atoms with Crippen molar-refractivity contribution in [3.8, 4) is 0 Å². The van der Waals surface area contributed by atoms with Gasteiger partial charge in [-0.2, -0.15) is 0 Å². The maximum atomic E-state index is 5.48. The van der Waals surface area contributed by atoms with E-state index >= 15 is 0 Å². The molecule has 2 heteroatoms. The molecule has 0 N–H and O–H groups in total. The fraction of sp³-hybridized carbons (Fsp3) is 1.00. The Bertz CT molecular complexity index is 37.3. The van der Waals surface area contributed by atoms with Gasteiger partial charge in [0.15, 0.2) is 0 Å². The third-order valence-corrected chi connectivity index (χ3v) is 1.20. The van der Waals surface area contributed by atoms with Gasteiger partial charge in [-0.25, -0.2) is 0 Å². The third-order valence-electron chi connectivity index (χ3n) is 0.401. The van der Waals surface area contributed by atoms with Crippen molar-refractivity contribution >= 4 is 19.3 Å². The number of hydrogen-bond acceptors (Lipinski definition) is 0. The second-order valence-electron chi connectivity index (χ2n) is 2.69. The first kappa shape index (κ1) is 6.46. The molecular weight excluding hydrogens is 92.5 g/mol. The summed E-state index contributed by atoms with van der Waals surface area (Å²) in [6.45, 7) is 6.33. The Balaban J connectivity index is 3.17. The van der Waals surface area contributed by atoms with Crippen LogP contribution < -0.4 is 0 Å². The minimum atomic E-state index is 0.307. The Morgan fingerprint density at radius 1 is 1.33 bits per heavy atom. The monoisotopic (exact) mass is 101 g/mol. The van der Waals surface area contributed by atoms with Crippen molar-refractivity contribution in [1.29, 1.82) is 0 Å². The van der Waals surface area contributed by atoms with Crippen LogP contribution in [-0.2, 0) is 0 Å². The molecule has 0 saturated heterocycles. The van der Waals surface area contributed by atoms with Crippen LogP contribution in [0.1, 0.15) is 20.8 Å². The molecule has 0 aromatic rings. The molecule has 0 heterocycles. The number of hydrogen-bond donors (Lipinski definition) is 0. The van der Waals surface area contributed by atoms with E-state index in [-0.39, 0.29) is 0 Å². The molecule has 0 rings (SSSR count). The van der Waals surface area contributed by atoms with Crippen LogP contribution in [0.3, 0.4) is 0 Å². The molecule has 0 fully saturated rings. The van der Waals surface area contributed by atoms with Gasteiger partial charge in [-0.15, -0.1) is 0 Å². The SMILES string of the molecule is C[C](C)(C)[Be][Cl]. The van der Waals surface area contributed by atoms with Crippen molar-refractivity contribution in [3.05, 3.63) is 0 Å². The molecule has 0 aromatic carbocycles. The fourth-order valence-electron chi connectivity index (χ4n) is 0. The molecule has 0 radical (unpaired) electrons. The zero-order valence-electron chi connectivity index (χ0n) is 4.59. The van der Waals surface area contributed by atoms with Crippen LogP contribution in [0.4, 0.5) is 0 Å². The number of rotatable bonds is 0. The van der Waals surface area contributed by atoms with Gasteiger partial charge in [-0.1, -0.05) is 0 Å². The van der Waals surface area contributed by atoms with Gasteiger partial charge in [0.05, 0.1) is 0 Å². The Morgan fingerprint density at radius 3 is 1.50 bits per heavy atom. The van der Waals surface area contributed by atoms with Crippen LogP contribution in [0.2, 0.25) is 5.13 Å². The normalized spacial score (nSPS) is 10.7. The van der Waals surface area contributed by atoms with E-state index < -0.39 is 0 Å². The van der Waals surface area contributed by atoms with Crippen LogP contribution in [0.5, 0.6) is 0 Å². The Labute approximate surface area is 46.0 Å². The summed E-state index contributed by atoms with van der Waals surface area (Å²) in [5.41, 5.74) is 0. The number of halogens is 1. The summed E-state index contributed by atoms with van der Waals surface area (Å²) in [5, 5.41) is 0.307. The first-order valence-corrected chi connectivity index (χ1v) is 2.66. The topological polar surface area (TPSA) is 0 Å². The van der Waals surface area contributed by atoms with Crippen molar-refractivity contribution in [3.63, 3.8) is 0 Å². The van der Waals surface area contributed by atoms with E-state index in [4.69, 9.17) is 11.2 Å². The molecule has 0 unspecified atom stereocenters. The maximum absolute atomic E-state index is 5.48. The van der Waals surface area contributed by atoms with E-state index in [2.05, 4.69) is 20.8 Å². The summed E-state index contributed by atoms with van der Waals surface area (Å²) in [6, 6.07) is 0. The zero-order valence-corrected chi connectivity index (χ0v) is 5.34. The predicted molar refractivity (Wildman–Crippen MR) is 31.3 cm³/mol. The van der Waals surface area contributed by atoms with Gasteiger partial charge < -0.3 is 0 Å². The van der Waals surface area contributed by atoms with Gasteiger partial charge in [-0.05, 0) is 0 Å². The molecule has 0 aliphatic carbocycles. The molecule has 0 nitrogen and oxygen atoms in total. The molecule has 6 heavy (non-hydrogen) atoms. The summed E-state index contributed by atoms with van der Waals surface area (Å²) >= 11 is 5.48. The van der Waals surface area contributed by atoms with Crippen LogP contribution in [0, 0.1) is 0 Å². The van der Waals surface area contributed by atoms with Crippen LogP contribution in [-0.4, -0.2) is 8.12 Å². The summed E-state index contributed by atoms with van der Waals surface area (Å²) in [4.78, 5) is 0. The van der Waals surface area contributed by atoms with Crippen molar-refractivity contribution in [2.75, 3.05) is 0 Å². The first-order chi connectivity index (χ1) is 2.56. The molecule has 34 valence electrons. The van der Waals surface area contributed by atoms with Crippen LogP contribution in [0.25, 0.3) is 0 Å². The molecule has 0 atom stereocenters. The zero-order chi connectivity index (χ0) is 5.21. The molecule has 0 aliphatic heterocycles. The summed E-state index contributed by atoms with van der Waals surface area (Å²) in [7, 11) is 0.743. The molecule has 0 bridgehead atoms. The van der Waals surface area contributed by atoms with Gasteiger partial charge in [0.25, 0.3) is 0 Å². The fourth-order valence-corrected chi connectivity index (χ4v) is 0. The average Bonchev–Trinajstić information content (AvgIpc) is 1.35.